The van der Waals surface area contributed by atoms with Crippen LogP contribution in [0.3, 0.4) is 0 Å². The molecule has 0 bridgehead atoms. The summed E-state index contributed by atoms with van der Waals surface area (Å²) in [4.78, 5) is 4.25. The molecular weight excluding hydrogens is 478 g/mol. The molecule has 1 spiro atoms. The first-order chi connectivity index (χ1) is 17.2. The first-order valence-electron chi connectivity index (χ1n) is 11.9. The topological polar surface area (TPSA) is 82.6 Å². The first-order valence-corrected chi connectivity index (χ1v) is 13.3. The second-order valence-corrected chi connectivity index (χ2v) is 11.2. The van der Waals surface area contributed by atoms with Crippen molar-refractivity contribution in [1.82, 2.24) is 4.31 Å². The first kappa shape index (κ1) is 24.6. The third-order valence-electron chi connectivity index (χ3n) is 6.86. The summed E-state index contributed by atoms with van der Waals surface area (Å²) < 4.78 is 41.7. The monoisotopic (exact) mass is 509 g/mol. The second-order valence-electron chi connectivity index (χ2n) is 9.37. The van der Waals surface area contributed by atoms with E-state index in [0.29, 0.717) is 17.1 Å². The molecule has 1 N–H and O–H groups in total. The average molecular weight is 510 g/mol. The molecule has 2 aliphatic rings. The van der Waals surface area contributed by atoms with E-state index in [1.807, 2.05) is 86.5 Å². The lowest BCUT2D eigenvalue weighted by Crippen LogP contribution is -2.48. The van der Waals surface area contributed by atoms with Gasteiger partial charge in [-0.2, -0.15) is 4.31 Å². The average Bonchev–Trinajstić information content (AvgIpc) is 3.05. The minimum absolute atomic E-state index is 0.112. The van der Waals surface area contributed by atoms with Crippen molar-refractivity contribution >= 4 is 21.4 Å². The molecule has 8 nitrogen and oxygen atoms in total. The Labute approximate surface area is 212 Å². The molecule has 0 atom stereocenters. The number of ether oxygens (including phenoxy) is 2. The summed E-state index contributed by atoms with van der Waals surface area (Å²) in [6, 6.07) is 19.0. The number of anilines is 2. The van der Waals surface area contributed by atoms with Crippen LogP contribution in [0, 0.1) is 0 Å². The maximum Gasteiger partial charge on any atom is 0.244 e. The summed E-state index contributed by atoms with van der Waals surface area (Å²) in [7, 11) is 3.96. The Morgan fingerprint density at radius 1 is 0.861 bits per heavy atom. The third kappa shape index (κ3) is 3.57. The van der Waals surface area contributed by atoms with Gasteiger partial charge in [-0.1, -0.05) is 30.3 Å². The third-order valence-corrected chi connectivity index (χ3v) is 8.80. The number of sulfonamides is 1. The van der Waals surface area contributed by atoms with Gasteiger partial charge < -0.3 is 24.4 Å². The van der Waals surface area contributed by atoms with Crippen LogP contribution in [-0.2, 0) is 20.3 Å². The largest absolute Gasteiger partial charge is 0.456 e. The summed E-state index contributed by atoms with van der Waals surface area (Å²) in [5.74, 6) is 1.22. The van der Waals surface area contributed by atoms with E-state index >= 15 is 0 Å². The molecule has 0 radical (unpaired) electrons. The van der Waals surface area contributed by atoms with E-state index in [2.05, 4.69) is 0 Å². The lowest BCUT2D eigenvalue weighted by molar-refractivity contribution is 0.0778. The van der Waals surface area contributed by atoms with Crippen molar-refractivity contribution in [3.8, 4) is 11.5 Å². The molecule has 0 aliphatic carbocycles. The Morgan fingerprint density at radius 3 is 2.00 bits per heavy atom. The summed E-state index contributed by atoms with van der Waals surface area (Å²) in [5, 5.41) is 9.17. The van der Waals surface area contributed by atoms with Crippen molar-refractivity contribution in [1.29, 1.82) is 0 Å². The van der Waals surface area contributed by atoms with Crippen molar-refractivity contribution in [3.63, 3.8) is 0 Å². The highest BCUT2D eigenvalue weighted by Crippen LogP contribution is 2.60. The normalized spacial score (nSPS) is 16.7. The van der Waals surface area contributed by atoms with Crippen molar-refractivity contribution in [2.75, 3.05) is 64.4 Å². The molecule has 0 unspecified atom stereocenters. The lowest BCUT2D eigenvalue weighted by atomic mass is 9.74. The van der Waals surface area contributed by atoms with Gasteiger partial charge in [0.1, 0.15) is 17.0 Å². The Kier molecular flexibility index (Phi) is 6.20. The molecule has 0 saturated carbocycles. The predicted molar refractivity (Wildman–Crippen MR) is 140 cm³/mol. The molecule has 0 saturated heterocycles. The van der Waals surface area contributed by atoms with Gasteiger partial charge in [-0.3, -0.25) is 0 Å². The number of nitrogens with zero attached hydrogens (tertiary/aromatic N) is 3. The van der Waals surface area contributed by atoms with Crippen LogP contribution in [0.4, 0.5) is 11.4 Å². The van der Waals surface area contributed by atoms with Gasteiger partial charge >= 0.3 is 0 Å². The van der Waals surface area contributed by atoms with Crippen LogP contribution in [-0.4, -0.2) is 72.4 Å². The molecule has 9 heteroatoms. The maximum absolute atomic E-state index is 14.1. The van der Waals surface area contributed by atoms with Crippen molar-refractivity contribution < 1.29 is 23.0 Å². The number of hydrogen-bond acceptors (Lipinski definition) is 7. The van der Waals surface area contributed by atoms with Crippen molar-refractivity contribution in [2.45, 2.75) is 10.4 Å². The fourth-order valence-corrected chi connectivity index (χ4v) is 7.15. The standard InChI is InChI=1S/C27H31N3O5S/c1-28(2)19-9-11-21-24(17-19)35-25-18-20(29(3)4)10-12-22(25)27(21)23-7-5-6-8-26(23)36(32,33)30(27)13-15-34-16-14-31/h5-12,17-18,31H,13-16H2,1-4H3. The summed E-state index contributed by atoms with van der Waals surface area (Å²) in [6.45, 7) is 0.272. The Morgan fingerprint density at radius 2 is 1.44 bits per heavy atom. The van der Waals surface area contributed by atoms with E-state index < -0.39 is 15.6 Å². The molecule has 36 heavy (non-hydrogen) atoms. The quantitative estimate of drug-likeness (QED) is 0.490. The minimum atomic E-state index is -3.87. The van der Waals surface area contributed by atoms with Gasteiger partial charge in [-0.25, -0.2) is 8.42 Å². The SMILES string of the molecule is CN(C)c1ccc2c(c1)Oc1cc(N(C)C)ccc1C21c2ccccc2S(=O)(=O)N1CCOCCO. The van der Waals surface area contributed by atoms with E-state index in [1.54, 1.807) is 12.1 Å². The van der Waals surface area contributed by atoms with Gasteiger partial charge in [-0.15, -0.1) is 0 Å². The van der Waals surface area contributed by atoms with E-state index in [-0.39, 0.29) is 31.3 Å². The number of fused-ring (bicyclic) bond motifs is 6. The van der Waals surface area contributed by atoms with E-state index in [1.165, 1.54) is 4.31 Å². The summed E-state index contributed by atoms with van der Waals surface area (Å²) in [6.07, 6.45) is 0. The molecule has 0 amide bonds. The van der Waals surface area contributed by atoms with Gasteiger partial charge in [0, 0.05) is 74.9 Å². The summed E-state index contributed by atoms with van der Waals surface area (Å²) >= 11 is 0. The van der Waals surface area contributed by atoms with Crippen LogP contribution in [0.25, 0.3) is 0 Å². The van der Waals surface area contributed by atoms with Crippen molar-refractivity contribution in [3.05, 3.63) is 77.4 Å². The lowest BCUT2D eigenvalue weighted by Gasteiger charge is -2.43. The zero-order valence-corrected chi connectivity index (χ0v) is 21.7. The number of benzene rings is 3. The molecule has 3 aromatic rings. The van der Waals surface area contributed by atoms with Crippen LogP contribution in [0.1, 0.15) is 16.7 Å². The van der Waals surface area contributed by atoms with Gasteiger partial charge in [0.05, 0.1) is 24.7 Å². The zero-order valence-electron chi connectivity index (χ0n) is 20.9. The number of aliphatic hydroxyl groups excluding tert-OH is 1. The highest BCUT2D eigenvalue weighted by atomic mass is 32.2. The number of hydrogen-bond donors (Lipinski definition) is 1. The molecule has 190 valence electrons. The number of rotatable bonds is 7. The fraction of sp³-hybridized carbons (Fsp3) is 0.333. The highest BCUT2D eigenvalue weighted by molar-refractivity contribution is 7.89. The molecular formula is C27H31N3O5S. The maximum atomic E-state index is 14.1. The van der Waals surface area contributed by atoms with Gasteiger partial charge in [0.25, 0.3) is 0 Å². The fourth-order valence-electron chi connectivity index (χ4n) is 5.19. The minimum Gasteiger partial charge on any atom is -0.456 e. The second kappa shape index (κ2) is 9.08. The molecule has 0 fully saturated rings. The van der Waals surface area contributed by atoms with Gasteiger partial charge in [0.15, 0.2) is 0 Å². The molecule has 5 rings (SSSR count). The zero-order chi connectivity index (χ0) is 25.7. The molecule has 0 aromatic heterocycles. The van der Waals surface area contributed by atoms with E-state index in [4.69, 9.17) is 14.6 Å². The Bertz CT molecular complexity index is 1350. The predicted octanol–water partition coefficient (Wildman–Crippen LogP) is 3.23. The Balaban J connectivity index is 1.83. The van der Waals surface area contributed by atoms with Crippen LogP contribution < -0.4 is 14.5 Å². The van der Waals surface area contributed by atoms with Crippen LogP contribution >= 0.6 is 0 Å². The summed E-state index contributed by atoms with van der Waals surface area (Å²) in [5.41, 5.74) is 2.97. The number of aliphatic hydroxyl groups is 1. The van der Waals surface area contributed by atoms with E-state index in [9.17, 15) is 8.42 Å². The van der Waals surface area contributed by atoms with Crippen LogP contribution in [0.2, 0.25) is 0 Å². The van der Waals surface area contributed by atoms with Gasteiger partial charge in [0.2, 0.25) is 10.0 Å². The highest BCUT2D eigenvalue weighted by Gasteiger charge is 2.59. The van der Waals surface area contributed by atoms with Crippen LogP contribution in [0.5, 0.6) is 11.5 Å². The smallest absolute Gasteiger partial charge is 0.244 e. The van der Waals surface area contributed by atoms with Crippen molar-refractivity contribution in [2.24, 2.45) is 0 Å². The van der Waals surface area contributed by atoms with Gasteiger partial charge in [-0.05, 0) is 18.2 Å². The molecule has 3 aromatic carbocycles. The molecule has 2 heterocycles. The van der Waals surface area contributed by atoms with Crippen LogP contribution in [0.15, 0.2) is 65.6 Å². The molecule has 2 aliphatic heterocycles. The Hall–Kier alpha value is -3.11. The van der Waals surface area contributed by atoms with E-state index in [0.717, 1.165) is 22.5 Å².